The van der Waals surface area contributed by atoms with Gasteiger partial charge in [-0.3, -0.25) is 14.7 Å². The summed E-state index contributed by atoms with van der Waals surface area (Å²) in [5.74, 6) is 1.49. The van der Waals surface area contributed by atoms with Crippen LogP contribution in [-0.4, -0.2) is 42.9 Å². The van der Waals surface area contributed by atoms with Gasteiger partial charge in [-0.25, -0.2) is 0 Å². The molecule has 1 N–H and O–H groups in total. The van der Waals surface area contributed by atoms with Crippen molar-refractivity contribution in [2.24, 2.45) is 0 Å². The third-order valence-electron chi connectivity index (χ3n) is 3.48. The number of aromatic nitrogens is 5. The fraction of sp³-hybridized carbons (Fsp3) is 0.357. The molecule has 0 aliphatic heterocycles. The van der Waals surface area contributed by atoms with Gasteiger partial charge in [0.1, 0.15) is 0 Å². The predicted octanol–water partition coefficient (Wildman–Crippen LogP) is 3.18. The lowest BCUT2D eigenvalue weighted by atomic mass is 10.4. The molecule has 25 heavy (non-hydrogen) atoms. The molecule has 0 spiro atoms. The molecule has 0 unspecified atom stereocenters. The predicted molar refractivity (Wildman–Crippen MR) is 97.0 cm³/mol. The molecule has 3 aromatic rings. The number of nitrogens with zero attached hydrogens (tertiary/aromatic N) is 5. The quantitative estimate of drug-likeness (QED) is 0.482. The Kier molecular flexibility index (Phi) is 4.77. The molecular weight excluding hydrogens is 380 g/mol. The van der Waals surface area contributed by atoms with Gasteiger partial charge in [0.05, 0.1) is 12.0 Å². The first-order valence-corrected chi connectivity index (χ1v) is 10.6. The van der Waals surface area contributed by atoms with Crippen molar-refractivity contribution in [3.05, 3.63) is 18.4 Å². The monoisotopic (exact) mass is 394 g/mol. The minimum Gasteiger partial charge on any atom is -0.461 e. The van der Waals surface area contributed by atoms with Gasteiger partial charge in [-0.2, -0.15) is 0 Å². The van der Waals surface area contributed by atoms with Gasteiger partial charge in [-0.15, -0.1) is 20.4 Å². The molecule has 1 saturated carbocycles. The molecule has 1 fully saturated rings. The molecule has 0 bridgehead atoms. The van der Waals surface area contributed by atoms with Crippen molar-refractivity contribution < 1.29 is 9.21 Å². The number of anilines is 1. The molecule has 4 rings (SSSR count). The molecule has 1 aliphatic rings. The van der Waals surface area contributed by atoms with E-state index in [1.54, 1.807) is 6.26 Å². The largest absolute Gasteiger partial charge is 0.461 e. The highest BCUT2D eigenvalue weighted by Crippen LogP contribution is 2.41. The van der Waals surface area contributed by atoms with Crippen LogP contribution < -0.4 is 5.32 Å². The zero-order valence-corrected chi connectivity index (χ0v) is 15.7. The van der Waals surface area contributed by atoms with Crippen LogP contribution in [0.2, 0.25) is 0 Å². The third kappa shape index (κ3) is 3.72. The molecule has 1 aliphatic carbocycles. The molecule has 0 atom stereocenters. The normalized spacial score (nSPS) is 14.0. The van der Waals surface area contributed by atoms with E-state index in [9.17, 15) is 4.79 Å². The fourth-order valence-electron chi connectivity index (χ4n) is 2.24. The SMILES string of the molecule is CSc1nnc(NC(=O)CSc2nnc(-c3ccco3)n2C2CC2)s1. The molecule has 3 aromatic heterocycles. The molecule has 0 aromatic carbocycles. The summed E-state index contributed by atoms with van der Waals surface area (Å²) in [6.07, 6.45) is 5.72. The van der Waals surface area contributed by atoms with Crippen molar-refractivity contribution in [2.45, 2.75) is 28.4 Å². The highest BCUT2D eigenvalue weighted by atomic mass is 32.2. The van der Waals surface area contributed by atoms with Crippen LogP contribution >= 0.6 is 34.9 Å². The van der Waals surface area contributed by atoms with E-state index in [2.05, 4.69) is 30.3 Å². The van der Waals surface area contributed by atoms with Crippen molar-refractivity contribution in [3.63, 3.8) is 0 Å². The Morgan fingerprint density at radius 3 is 2.96 bits per heavy atom. The number of nitrogens with one attached hydrogen (secondary N) is 1. The Morgan fingerprint density at radius 1 is 1.40 bits per heavy atom. The van der Waals surface area contributed by atoms with E-state index in [0.717, 1.165) is 22.3 Å². The second kappa shape index (κ2) is 7.18. The number of carbonyl (C=O) groups is 1. The van der Waals surface area contributed by atoms with Crippen LogP contribution in [0.3, 0.4) is 0 Å². The zero-order valence-electron chi connectivity index (χ0n) is 13.2. The first-order valence-electron chi connectivity index (χ1n) is 7.53. The van der Waals surface area contributed by atoms with Crippen molar-refractivity contribution in [3.8, 4) is 11.6 Å². The van der Waals surface area contributed by atoms with E-state index in [-0.39, 0.29) is 11.7 Å². The van der Waals surface area contributed by atoms with Gasteiger partial charge >= 0.3 is 0 Å². The molecule has 11 heteroatoms. The maximum absolute atomic E-state index is 12.1. The van der Waals surface area contributed by atoms with Gasteiger partial charge in [0, 0.05) is 6.04 Å². The highest BCUT2D eigenvalue weighted by Gasteiger charge is 2.31. The molecule has 130 valence electrons. The van der Waals surface area contributed by atoms with Crippen molar-refractivity contribution >= 4 is 45.9 Å². The summed E-state index contributed by atoms with van der Waals surface area (Å²) in [5, 5.41) is 20.4. The molecule has 3 heterocycles. The third-order valence-corrected chi connectivity index (χ3v) is 6.24. The average molecular weight is 395 g/mol. The summed E-state index contributed by atoms with van der Waals surface area (Å²) in [5.41, 5.74) is 0. The van der Waals surface area contributed by atoms with Crippen LogP contribution in [0.25, 0.3) is 11.6 Å². The van der Waals surface area contributed by atoms with Crippen molar-refractivity contribution in [1.82, 2.24) is 25.0 Å². The van der Waals surface area contributed by atoms with Gasteiger partial charge in [0.2, 0.25) is 16.9 Å². The standard InChI is InChI=1S/C14H14N6O2S3/c1-23-14-19-17-12(25-14)15-10(21)7-24-13-18-16-11(9-3-2-6-22-9)20(13)8-4-5-8/h2-3,6,8H,4-5,7H2,1H3,(H,15,17,21). The first-order chi connectivity index (χ1) is 12.2. The topological polar surface area (TPSA) is 98.7 Å². The summed E-state index contributed by atoms with van der Waals surface area (Å²) in [7, 11) is 0. The summed E-state index contributed by atoms with van der Waals surface area (Å²) >= 11 is 4.22. The lowest BCUT2D eigenvalue weighted by Gasteiger charge is -2.07. The summed E-state index contributed by atoms with van der Waals surface area (Å²) in [4.78, 5) is 12.1. The Bertz CT molecular complexity index is 871. The Hall–Kier alpha value is -1.85. The Balaban J connectivity index is 1.43. The van der Waals surface area contributed by atoms with Gasteiger partial charge in [0.15, 0.2) is 15.3 Å². The number of thioether (sulfide) groups is 2. The first kappa shape index (κ1) is 16.6. The Morgan fingerprint density at radius 2 is 2.28 bits per heavy atom. The smallest absolute Gasteiger partial charge is 0.236 e. The van der Waals surface area contributed by atoms with Crippen LogP contribution in [-0.2, 0) is 4.79 Å². The Labute approximate surface area is 155 Å². The number of hydrogen-bond donors (Lipinski definition) is 1. The minimum atomic E-state index is -0.140. The van der Waals surface area contributed by atoms with Crippen LogP contribution in [0.15, 0.2) is 32.3 Å². The summed E-state index contributed by atoms with van der Waals surface area (Å²) in [6.45, 7) is 0. The maximum Gasteiger partial charge on any atom is 0.236 e. The van der Waals surface area contributed by atoms with E-state index in [1.807, 2.05) is 18.4 Å². The number of hydrogen-bond acceptors (Lipinski definition) is 9. The van der Waals surface area contributed by atoms with E-state index < -0.39 is 0 Å². The number of amides is 1. The lowest BCUT2D eigenvalue weighted by Crippen LogP contribution is -2.14. The van der Waals surface area contributed by atoms with Crippen LogP contribution in [0, 0.1) is 0 Å². The fourth-order valence-corrected chi connectivity index (χ4v) is 4.23. The van der Waals surface area contributed by atoms with Crippen LogP contribution in [0.5, 0.6) is 0 Å². The van der Waals surface area contributed by atoms with Gasteiger partial charge in [0.25, 0.3) is 0 Å². The molecular formula is C14H14N6O2S3. The van der Waals surface area contributed by atoms with E-state index in [1.165, 1.54) is 34.9 Å². The van der Waals surface area contributed by atoms with Crippen molar-refractivity contribution in [2.75, 3.05) is 17.3 Å². The average Bonchev–Trinajstić information content (AvgIpc) is 3.05. The number of rotatable bonds is 7. The minimum absolute atomic E-state index is 0.140. The zero-order chi connectivity index (χ0) is 17.2. The summed E-state index contributed by atoms with van der Waals surface area (Å²) < 4.78 is 8.32. The molecule has 0 saturated heterocycles. The number of furan rings is 1. The van der Waals surface area contributed by atoms with Crippen LogP contribution in [0.1, 0.15) is 18.9 Å². The van der Waals surface area contributed by atoms with Gasteiger partial charge in [-0.1, -0.05) is 34.9 Å². The van der Waals surface area contributed by atoms with Gasteiger partial charge < -0.3 is 4.42 Å². The second-order valence-corrected chi connectivity index (χ2v) is 8.27. The lowest BCUT2D eigenvalue weighted by molar-refractivity contribution is -0.113. The molecule has 8 nitrogen and oxygen atoms in total. The molecule has 0 radical (unpaired) electrons. The van der Waals surface area contributed by atoms with Gasteiger partial charge in [-0.05, 0) is 31.2 Å². The number of carbonyl (C=O) groups excluding carboxylic acids is 1. The summed E-state index contributed by atoms with van der Waals surface area (Å²) in [6, 6.07) is 4.07. The highest BCUT2D eigenvalue weighted by molar-refractivity contribution is 8.00. The molecule has 1 amide bonds. The van der Waals surface area contributed by atoms with E-state index in [4.69, 9.17) is 4.42 Å². The van der Waals surface area contributed by atoms with E-state index >= 15 is 0 Å². The van der Waals surface area contributed by atoms with E-state index in [0.29, 0.717) is 22.8 Å². The van der Waals surface area contributed by atoms with Crippen molar-refractivity contribution in [1.29, 1.82) is 0 Å². The maximum atomic E-state index is 12.1. The van der Waals surface area contributed by atoms with Crippen LogP contribution in [0.4, 0.5) is 5.13 Å². The second-order valence-electron chi connectivity index (χ2n) is 5.30.